The number of carbonyl (C=O) groups excluding carboxylic acids is 1. The molecular formula is C20H21N5O. The third kappa shape index (κ3) is 2.29. The van der Waals surface area contributed by atoms with Gasteiger partial charge in [0.25, 0.3) is 5.91 Å². The number of nitrogens with one attached hydrogen (secondary N) is 3. The van der Waals surface area contributed by atoms with Crippen LogP contribution in [0.3, 0.4) is 0 Å². The van der Waals surface area contributed by atoms with Crippen LogP contribution in [-0.4, -0.2) is 26.4 Å². The van der Waals surface area contributed by atoms with Crippen molar-refractivity contribution in [3.05, 3.63) is 41.2 Å². The molecule has 1 aromatic carbocycles. The minimum atomic E-state index is -0.0267. The maximum Gasteiger partial charge on any atom is 0.253 e. The summed E-state index contributed by atoms with van der Waals surface area (Å²) in [4.78, 5) is 25.1. The number of nitrogens with zero attached hydrogens (tertiary/aromatic N) is 2. The summed E-state index contributed by atoms with van der Waals surface area (Å²) in [5.74, 6) is 0.816. The molecular weight excluding hydrogens is 326 g/mol. The van der Waals surface area contributed by atoms with Crippen LogP contribution in [-0.2, 0) is 0 Å². The number of aryl methyl sites for hydroxylation is 1. The Kier molecular flexibility index (Phi) is 2.99. The van der Waals surface area contributed by atoms with Crippen molar-refractivity contribution in [3.8, 4) is 11.3 Å². The van der Waals surface area contributed by atoms with Crippen molar-refractivity contribution in [1.29, 1.82) is 0 Å². The number of benzene rings is 1. The van der Waals surface area contributed by atoms with Crippen LogP contribution < -0.4 is 10.6 Å². The fraction of sp³-hybridized carbons (Fsp3) is 0.350. The number of para-hydroxylation sites is 1. The topological polar surface area (TPSA) is 82.7 Å². The fourth-order valence-corrected chi connectivity index (χ4v) is 3.59. The van der Waals surface area contributed by atoms with E-state index >= 15 is 0 Å². The second-order valence-electron chi connectivity index (χ2n) is 7.72. The van der Waals surface area contributed by atoms with Gasteiger partial charge in [-0.15, -0.1) is 0 Å². The Morgan fingerprint density at radius 1 is 1.23 bits per heavy atom. The molecule has 3 aromatic rings. The summed E-state index contributed by atoms with van der Waals surface area (Å²) in [7, 11) is 0. The molecule has 1 fully saturated rings. The third-order valence-corrected chi connectivity index (χ3v) is 5.45. The highest BCUT2D eigenvalue weighted by molar-refractivity contribution is 6.01. The molecule has 2 aromatic heterocycles. The molecule has 132 valence electrons. The molecule has 1 atom stereocenters. The number of rotatable bonds is 3. The minimum absolute atomic E-state index is 0.00148. The molecule has 1 amide bonds. The quantitative estimate of drug-likeness (QED) is 0.674. The normalized spacial score (nSPS) is 20.1. The van der Waals surface area contributed by atoms with E-state index in [1.54, 1.807) is 0 Å². The van der Waals surface area contributed by atoms with Crippen molar-refractivity contribution < 1.29 is 4.79 Å². The van der Waals surface area contributed by atoms with E-state index < -0.39 is 0 Å². The van der Waals surface area contributed by atoms with Crippen molar-refractivity contribution in [2.24, 2.45) is 0 Å². The van der Waals surface area contributed by atoms with Gasteiger partial charge in [0, 0.05) is 16.8 Å². The number of hydrogen-bond acceptors (Lipinski definition) is 4. The molecule has 26 heavy (non-hydrogen) atoms. The number of aromatic amines is 1. The number of hydrogen-bond donors (Lipinski definition) is 3. The predicted octanol–water partition coefficient (Wildman–Crippen LogP) is 3.70. The lowest BCUT2D eigenvalue weighted by atomic mass is 10.1. The zero-order valence-corrected chi connectivity index (χ0v) is 15.1. The summed E-state index contributed by atoms with van der Waals surface area (Å²) in [6, 6.07) is 7.91. The monoisotopic (exact) mass is 347 g/mol. The molecule has 2 aliphatic rings. The summed E-state index contributed by atoms with van der Waals surface area (Å²) in [6.07, 6.45) is 2.31. The lowest BCUT2D eigenvalue weighted by Gasteiger charge is -2.15. The highest BCUT2D eigenvalue weighted by Crippen LogP contribution is 2.39. The van der Waals surface area contributed by atoms with Crippen LogP contribution in [0.15, 0.2) is 24.3 Å². The van der Waals surface area contributed by atoms with Crippen LogP contribution in [0.1, 0.15) is 54.5 Å². The van der Waals surface area contributed by atoms with Crippen LogP contribution >= 0.6 is 0 Å². The smallest absolute Gasteiger partial charge is 0.253 e. The number of fused-ring (bicyclic) bond motifs is 2. The first-order valence-electron chi connectivity index (χ1n) is 9.03. The van der Waals surface area contributed by atoms with E-state index in [9.17, 15) is 4.79 Å². The molecule has 0 saturated heterocycles. The van der Waals surface area contributed by atoms with E-state index in [2.05, 4.69) is 22.5 Å². The van der Waals surface area contributed by atoms with Crippen molar-refractivity contribution >= 4 is 22.8 Å². The minimum Gasteiger partial charge on any atom is -0.363 e. The maximum absolute atomic E-state index is 12.1. The van der Waals surface area contributed by atoms with Crippen LogP contribution in [0.25, 0.3) is 22.3 Å². The molecule has 5 rings (SSSR count). The Hall–Kier alpha value is -2.89. The highest BCUT2D eigenvalue weighted by Gasteiger charge is 2.38. The SMILES string of the molecule is Cc1nc2cccc(-c3cc4c([nH]3)C(C)NC4=O)c2nc1NC1(C)CC1. The van der Waals surface area contributed by atoms with Gasteiger partial charge in [-0.25, -0.2) is 9.97 Å². The lowest BCUT2D eigenvalue weighted by molar-refractivity contribution is 0.0958. The molecule has 6 nitrogen and oxygen atoms in total. The maximum atomic E-state index is 12.1. The average molecular weight is 347 g/mol. The average Bonchev–Trinajstić information content (AvgIpc) is 3.06. The van der Waals surface area contributed by atoms with Gasteiger partial charge in [0.15, 0.2) is 0 Å². The molecule has 6 heteroatoms. The first-order chi connectivity index (χ1) is 12.4. The van der Waals surface area contributed by atoms with Crippen molar-refractivity contribution in [1.82, 2.24) is 20.3 Å². The van der Waals surface area contributed by atoms with Crippen LogP contribution in [0.5, 0.6) is 0 Å². The van der Waals surface area contributed by atoms with E-state index in [0.717, 1.165) is 52.3 Å². The second kappa shape index (κ2) is 5.06. The summed E-state index contributed by atoms with van der Waals surface area (Å²) in [6.45, 7) is 6.18. The Morgan fingerprint density at radius 2 is 2.04 bits per heavy atom. The molecule has 3 N–H and O–H groups in total. The largest absolute Gasteiger partial charge is 0.363 e. The molecule has 0 radical (unpaired) electrons. The summed E-state index contributed by atoms with van der Waals surface area (Å²) >= 11 is 0. The number of H-pyrrole nitrogens is 1. The third-order valence-electron chi connectivity index (χ3n) is 5.45. The van der Waals surface area contributed by atoms with Gasteiger partial charge < -0.3 is 15.6 Å². The van der Waals surface area contributed by atoms with Gasteiger partial charge in [0.05, 0.1) is 28.5 Å². The van der Waals surface area contributed by atoms with Gasteiger partial charge in [-0.1, -0.05) is 12.1 Å². The Morgan fingerprint density at radius 3 is 2.77 bits per heavy atom. The standard InChI is InChI=1S/C20H21N5O/c1-10-16-13(19(26)22-10)9-15(23-16)12-5-4-6-14-17(12)24-18(11(2)21-14)25-20(3)7-8-20/h4-6,9-10,23H,7-8H2,1-3H3,(H,22,26)(H,24,25). The first-order valence-corrected chi connectivity index (χ1v) is 9.03. The van der Waals surface area contributed by atoms with E-state index in [1.807, 2.05) is 38.1 Å². The Balaban J connectivity index is 1.66. The second-order valence-corrected chi connectivity index (χ2v) is 7.72. The zero-order valence-electron chi connectivity index (χ0n) is 15.1. The highest BCUT2D eigenvalue weighted by atomic mass is 16.2. The van der Waals surface area contributed by atoms with Crippen molar-refractivity contribution in [2.45, 2.75) is 45.2 Å². The Labute approximate surface area is 151 Å². The first kappa shape index (κ1) is 15.4. The van der Waals surface area contributed by atoms with Crippen LogP contribution in [0.4, 0.5) is 5.82 Å². The van der Waals surface area contributed by atoms with Crippen LogP contribution in [0, 0.1) is 6.92 Å². The molecule has 1 aliphatic carbocycles. The van der Waals surface area contributed by atoms with Gasteiger partial charge in [-0.05, 0) is 45.7 Å². The molecule has 1 saturated carbocycles. The lowest BCUT2D eigenvalue weighted by Crippen LogP contribution is -2.18. The van der Waals surface area contributed by atoms with E-state index in [4.69, 9.17) is 9.97 Å². The molecule has 1 aliphatic heterocycles. The van der Waals surface area contributed by atoms with Gasteiger partial charge in [-0.3, -0.25) is 4.79 Å². The zero-order chi connectivity index (χ0) is 18.1. The fourth-order valence-electron chi connectivity index (χ4n) is 3.59. The van der Waals surface area contributed by atoms with Crippen LogP contribution in [0.2, 0.25) is 0 Å². The summed E-state index contributed by atoms with van der Waals surface area (Å²) in [5, 5.41) is 6.46. The van der Waals surface area contributed by atoms with E-state index in [-0.39, 0.29) is 17.5 Å². The van der Waals surface area contributed by atoms with Gasteiger partial charge in [0.1, 0.15) is 11.3 Å². The van der Waals surface area contributed by atoms with E-state index in [1.165, 1.54) is 0 Å². The summed E-state index contributed by atoms with van der Waals surface area (Å²) < 4.78 is 0. The number of carbonyl (C=O) groups is 1. The number of anilines is 1. The number of aromatic nitrogens is 3. The summed E-state index contributed by atoms with van der Waals surface area (Å²) in [5.41, 5.74) is 6.28. The van der Waals surface area contributed by atoms with Gasteiger partial charge >= 0.3 is 0 Å². The molecule has 3 heterocycles. The predicted molar refractivity (Wildman–Crippen MR) is 101 cm³/mol. The van der Waals surface area contributed by atoms with Crippen molar-refractivity contribution in [2.75, 3.05) is 5.32 Å². The van der Waals surface area contributed by atoms with Gasteiger partial charge in [-0.2, -0.15) is 0 Å². The Bertz CT molecular complexity index is 1060. The van der Waals surface area contributed by atoms with Gasteiger partial charge in [0.2, 0.25) is 0 Å². The van der Waals surface area contributed by atoms with E-state index in [0.29, 0.717) is 5.56 Å². The molecule has 0 spiro atoms. The number of amides is 1. The molecule has 0 bridgehead atoms. The van der Waals surface area contributed by atoms with Crippen molar-refractivity contribution in [3.63, 3.8) is 0 Å². The molecule has 1 unspecified atom stereocenters.